The second-order valence-electron chi connectivity index (χ2n) is 4.85. The van der Waals surface area contributed by atoms with Crippen molar-refractivity contribution in [2.75, 3.05) is 0 Å². The van der Waals surface area contributed by atoms with Crippen LogP contribution in [0.4, 0.5) is 0 Å². The van der Waals surface area contributed by atoms with Gasteiger partial charge in [0.2, 0.25) is 0 Å². The summed E-state index contributed by atoms with van der Waals surface area (Å²) in [5.41, 5.74) is 0.776. The summed E-state index contributed by atoms with van der Waals surface area (Å²) >= 11 is 3.43. The Morgan fingerprint density at radius 2 is 2.05 bits per heavy atom. The average molecular weight is 357 g/mol. The Kier molecular flexibility index (Phi) is 5.08. The van der Waals surface area contributed by atoms with Gasteiger partial charge in [0, 0.05) is 36.3 Å². The second-order valence-corrected chi connectivity index (χ2v) is 5.71. The average Bonchev–Trinajstić information content (AvgIpc) is 2.94. The molecule has 0 amide bonds. The normalized spacial score (nSPS) is 11.7. The molecule has 0 N–H and O–H groups in total. The van der Waals surface area contributed by atoms with Gasteiger partial charge in [-0.15, -0.1) is 0 Å². The maximum atomic E-state index is 12.4. The quantitative estimate of drug-likeness (QED) is 0.770. The van der Waals surface area contributed by atoms with Crippen LogP contribution < -0.4 is 0 Å². The fourth-order valence-electron chi connectivity index (χ4n) is 2.32. The van der Waals surface area contributed by atoms with E-state index in [1.165, 1.54) is 0 Å². The highest BCUT2D eigenvalue weighted by Gasteiger charge is 2.28. The number of hydrogen-bond acceptors (Lipinski definition) is 4. The summed E-state index contributed by atoms with van der Waals surface area (Å²) in [7, 11) is 1.74. The lowest BCUT2D eigenvalue weighted by molar-refractivity contribution is 0.0957. The molecule has 1 atom stereocenters. The first-order valence-corrected chi connectivity index (χ1v) is 7.42. The van der Waals surface area contributed by atoms with E-state index in [9.17, 15) is 15.3 Å². The van der Waals surface area contributed by atoms with Gasteiger partial charge in [-0.05, 0) is 11.6 Å². The molecule has 0 saturated carbocycles. The number of benzene rings is 1. The minimum absolute atomic E-state index is 0.0548. The topological polar surface area (TPSA) is 82.5 Å². The number of aromatic nitrogens is 2. The van der Waals surface area contributed by atoms with E-state index in [-0.39, 0.29) is 12.2 Å². The molecule has 0 aliphatic heterocycles. The molecule has 0 aliphatic carbocycles. The summed E-state index contributed by atoms with van der Waals surface area (Å²) in [5, 5.41) is 18.5. The summed E-state index contributed by atoms with van der Waals surface area (Å²) in [4.78, 5) is 16.5. The van der Waals surface area contributed by atoms with E-state index < -0.39 is 11.8 Å². The lowest BCUT2D eigenvalue weighted by atomic mass is 9.83. The third kappa shape index (κ3) is 3.24. The van der Waals surface area contributed by atoms with Gasteiger partial charge >= 0.3 is 0 Å². The molecule has 1 aromatic heterocycles. The fraction of sp³-hybridized carbons (Fsp3) is 0.250. The Hall–Kier alpha value is -2.44. The van der Waals surface area contributed by atoms with Gasteiger partial charge in [-0.1, -0.05) is 34.1 Å². The van der Waals surface area contributed by atoms with Gasteiger partial charge in [-0.3, -0.25) is 4.79 Å². The van der Waals surface area contributed by atoms with E-state index in [1.807, 2.05) is 36.4 Å². The molecule has 22 heavy (non-hydrogen) atoms. The van der Waals surface area contributed by atoms with Crippen LogP contribution in [0.3, 0.4) is 0 Å². The van der Waals surface area contributed by atoms with Crippen molar-refractivity contribution < 1.29 is 4.79 Å². The Bertz CT molecular complexity index is 755. The summed E-state index contributed by atoms with van der Waals surface area (Å²) in [6.45, 7) is 0. The second kappa shape index (κ2) is 7.02. The van der Waals surface area contributed by atoms with Crippen LogP contribution in [0, 0.1) is 28.6 Å². The predicted octanol–water partition coefficient (Wildman–Crippen LogP) is 3.20. The first-order chi connectivity index (χ1) is 10.6. The van der Waals surface area contributed by atoms with Crippen LogP contribution in [-0.2, 0) is 7.05 Å². The van der Waals surface area contributed by atoms with Crippen LogP contribution in [0.1, 0.15) is 28.5 Å². The van der Waals surface area contributed by atoms with Crippen molar-refractivity contribution in [3.63, 3.8) is 0 Å². The lowest BCUT2D eigenvalue weighted by Crippen LogP contribution is -2.17. The molecule has 0 spiro atoms. The summed E-state index contributed by atoms with van der Waals surface area (Å²) < 4.78 is 2.41. The molecule has 0 fully saturated rings. The molecule has 6 heteroatoms. The first kappa shape index (κ1) is 15.9. The van der Waals surface area contributed by atoms with Crippen molar-refractivity contribution in [1.82, 2.24) is 9.55 Å². The van der Waals surface area contributed by atoms with Crippen LogP contribution in [0.15, 0.2) is 41.1 Å². The van der Waals surface area contributed by atoms with Gasteiger partial charge in [0.05, 0.1) is 12.1 Å². The number of aryl methyl sites for hydroxylation is 1. The summed E-state index contributed by atoms with van der Waals surface area (Å²) in [6.07, 6.45) is 3.29. The maximum absolute atomic E-state index is 12.4. The molecule has 0 radical (unpaired) electrons. The number of imidazole rings is 1. The van der Waals surface area contributed by atoms with Crippen molar-refractivity contribution in [1.29, 1.82) is 10.5 Å². The highest BCUT2D eigenvalue weighted by Crippen LogP contribution is 2.33. The number of carbonyl (C=O) groups excluding carboxylic acids is 1. The Morgan fingerprint density at radius 3 is 2.59 bits per heavy atom. The third-order valence-corrected chi connectivity index (χ3v) is 4.18. The van der Waals surface area contributed by atoms with Gasteiger partial charge in [0.1, 0.15) is 5.92 Å². The molecule has 2 aromatic rings. The SMILES string of the molecule is Cn1ccnc1C(=O)CC(c1ccccc1Br)C(C#N)C#N. The van der Waals surface area contributed by atoms with Gasteiger partial charge in [-0.2, -0.15) is 10.5 Å². The highest BCUT2D eigenvalue weighted by molar-refractivity contribution is 9.10. The van der Waals surface area contributed by atoms with Gasteiger partial charge in [0.25, 0.3) is 0 Å². The summed E-state index contributed by atoms with van der Waals surface area (Å²) in [6, 6.07) is 11.3. The summed E-state index contributed by atoms with van der Waals surface area (Å²) in [5.74, 6) is -1.27. The van der Waals surface area contributed by atoms with Crippen LogP contribution in [0.2, 0.25) is 0 Å². The molecule has 1 heterocycles. The van der Waals surface area contributed by atoms with Crippen molar-refractivity contribution in [2.45, 2.75) is 12.3 Å². The number of carbonyl (C=O) groups is 1. The van der Waals surface area contributed by atoms with Gasteiger partial charge < -0.3 is 4.57 Å². The van der Waals surface area contributed by atoms with E-state index in [0.717, 1.165) is 10.0 Å². The molecule has 110 valence electrons. The third-order valence-electron chi connectivity index (χ3n) is 3.46. The van der Waals surface area contributed by atoms with E-state index in [0.29, 0.717) is 5.82 Å². The minimum Gasteiger partial charge on any atom is -0.332 e. The predicted molar refractivity (Wildman–Crippen MR) is 83.8 cm³/mol. The van der Waals surface area contributed by atoms with E-state index >= 15 is 0 Å². The Morgan fingerprint density at radius 1 is 1.36 bits per heavy atom. The van der Waals surface area contributed by atoms with Gasteiger partial charge in [0.15, 0.2) is 11.6 Å². The zero-order chi connectivity index (χ0) is 16.1. The van der Waals surface area contributed by atoms with E-state index in [2.05, 4.69) is 20.9 Å². The fourth-order valence-corrected chi connectivity index (χ4v) is 2.90. The standard InChI is InChI=1S/C16H13BrN4O/c1-21-7-6-20-16(21)15(22)8-13(11(9-18)10-19)12-4-2-3-5-14(12)17/h2-7,11,13H,8H2,1H3. The number of halogens is 1. The maximum Gasteiger partial charge on any atom is 0.198 e. The number of hydrogen-bond donors (Lipinski definition) is 0. The van der Waals surface area contributed by atoms with E-state index in [1.54, 1.807) is 24.0 Å². The Balaban J connectivity index is 2.37. The first-order valence-electron chi connectivity index (χ1n) is 6.62. The molecule has 0 saturated heterocycles. The zero-order valence-electron chi connectivity index (χ0n) is 11.9. The molecular formula is C16H13BrN4O. The molecule has 5 nitrogen and oxygen atoms in total. The molecule has 0 aliphatic rings. The lowest BCUT2D eigenvalue weighted by Gasteiger charge is -2.18. The largest absolute Gasteiger partial charge is 0.332 e. The van der Waals surface area contributed by atoms with Crippen molar-refractivity contribution in [2.24, 2.45) is 13.0 Å². The van der Waals surface area contributed by atoms with E-state index in [4.69, 9.17) is 0 Å². The molecule has 1 aromatic carbocycles. The number of ketones is 1. The van der Waals surface area contributed by atoms with Crippen LogP contribution >= 0.6 is 15.9 Å². The van der Waals surface area contributed by atoms with Crippen molar-refractivity contribution in [3.8, 4) is 12.1 Å². The highest BCUT2D eigenvalue weighted by atomic mass is 79.9. The van der Waals surface area contributed by atoms with Crippen LogP contribution in [0.25, 0.3) is 0 Å². The smallest absolute Gasteiger partial charge is 0.198 e. The minimum atomic E-state index is -0.900. The van der Waals surface area contributed by atoms with Crippen molar-refractivity contribution in [3.05, 3.63) is 52.5 Å². The van der Waals surface area contributed by atoms with Crippen LogP contribution in [0.5, 0.6) is 0 Å². The number of rotatable bonds is 5. The van der Waals surface area contributed by atoms with Gasteiger partial charge in [-0.25, -0.2) is 4.98 Å². The zero-order valence-corrected chi connectivity index (χ0v) is 13.5. The van der Waals surface area contributed by atoms with Crippen molar-refractivity contribution >= 4 is 21.7 Å². The van der Waals surface area contributed by atoms with Crippen LogP contribution in [-0.4, -0.2) is 15.3 Å². The number of nitrogens with zero attached hydrogens (tertiary/aromatic N) is 4. The molecule has 2 rings (SSSR count). The number of nitriles is 2. The number of Topliss-reactive ketones (excluding diaryl/α,β-unsaturated/α-hetero) is 1. The molecule has 0 bridgehead atoms. The Labute approximate surface area is 136 Å². The monoisotopic (exact) mass is 356 g/mol. The molecular weight excluding hydrogens is 344 g/mol. The molecule has 1 unspecified atom stereocenters.